The van der Waals surface area contributed by atoms with Crippen molar-refractivity contribution >= 4 is 5.91 Å². The van der Waals surface area contributed by atoms with Crippen LogP contribution in [-0.4, -0.2) is 67.1 Å². The van der Waals surface area contributed by atoms with E-state index >= 15 is 0 Å². The third-order valence-electron chi connectivity index (χ3n) is 4.64. The molecule has 0 saturated carbocycles. The van der Waals surface area contributed by atoms with Gasteiger partial charge in [0.25, 0.3) is 0 Å². The van der Waals surface area contributed by atoms with E-state index in [2.05, 4.69) is 35.9 Å². The number of piperazine rings is 1. The van der Waals surface area contributed by atoms with Gasteiger partial charge in [-0.15, -0.1) is 0 Å². The molecule has 1 aliphatic rings. The summed E-state index contributed by atoms with van der Waals surface area (Å²) in [4.78, 5) is 17.0. The summed E-state index contributed by atoms with van der Waals surface area (Å²) in [5.74, 6) is 0.722. The number of amides is 1. The van der Waals surface area contributed by atoms with E-state index in [0.29, 0.717) is 12.0 Å². The van der Waals surface area contributed by atoms with Gasteiger partial charge < -0.3 is 16.0 Å². The van der Waals surface area contributed by atoms with Crippen LogP contribution in [-0.2, 0) is 4.79 Å². The topological polar surface area (TPSA) is 61.6 Å². The van der Waals surface area contributed by atoms with Gasteiger partial charge >= 0.3 is 0 Å². The van der Waals surface area contributed by atoms with Crippen LogP contribution in [0.4, 0.5) is 0 Å². The molecular formula is C16H34N4O. The highest BCUT2D eigenvalue weighted by Crippen LogP contribution is 2.09. The second kappa shape index (κ2) is 9.38. The first-order valence-corrected chi connectivity index (χ1v) is 8.48. The maximum absolute atomic E-state index is 12.3. The lowest BCUT2D eigenvalue weighted by molar-refractivity contribution is -0.127. The number of nitrogens with one attached hydrogen (secondary N) is 1. The van der Waals surface area contributed by atoms with E-state index in [0.717, 1.165) is 52.1 Å². The van der Waals surface area contributed by atoms with Gasteiger partial charge in [-0.1, -0.05) is 20.8 Å². The fraction of sp³-hybridized carbons (Fsp3) is 0.938. The lowest BCUT2D eigenvalue weighted by atomic mass is 10.1. The molecule has 1 saturated heterocycles. The van der Waals surface area contributed by atoms with E-state index in [9.17, 15) is 4.79 Å². The van der Waals surface area contributed by atoms with Gasteiger partial charge in [0.05, 0.1) is 6.04 Å². The third-order valence-corrected chi connectivity index (χ3v) is 4.64. The van der Waals surface area contributed by atoms with Crippen molar-refractivity contribution in [3.63, 3.8) is 0 Å². The van der Waals surface area contributed by atoms with Gasteiger partial charge in [0, 0.05) is 38.8 Å². The molecule has 0 aromatic rings. The molecule has 5 heteroatoms. The lowest BCUT2D eigenvalue weighted by Gasteiger charge is -2.38. The minimum Gasteiger partial charge on any atom is -0.352 e. The van der Waals surface area contributed by atoms with Gasteiger partial charge in [0.15, 0.2) is 0 Å². The third kappa shape index (κ3) is 5.93. The largest absolute Gasteiger partial charge is 0.352 e. The molecule has 2 atom stereocenters. The summed E-state index contributed by atoms with van der Waals surface area (Å²) in [6.07, 6.45) is 2.00. The summed E-state index contributed by atoms with van der Waals surface area (Å²) in [6.45, 7) is 14.3. The zero-order chi connectivity index (χ0) is 15.8. The van der Waals surface area contributed by atoms with E-state index in [1.165, 1.54) is 0 Å². The number of nitrogens with two attached hydrogens (primary N) is 1. The van der Waals surface area contributed by atoms with Crippen LogP contribution in [0.5, 0.6) is 0 Å². The zero-order valence-electron chi connectivity index (χ0n) is 14.3. The van der Waals surface area contributed by atoms with Crippen LogP contribution in [0.3, 0.4) is 0 Å². The van der Waals surface area contributed by atoms with Crippen molar-refractivity contribution in [1.82, 2.24) is 15.1 Å². The molecule has 0 radical (unpaired) electrons. The first kappa shape index (κ1) is 18.4. The number of carbonyl (C=O) groups is 1. The molecule has 0 spiro atoms. The maximum atomic E-state index is 12.3. The van der Waals surface area contributed by atoms with Crippen LogP contribution in [0.2, 0.25) is 0 Å². The smallest absolute Gasteiger partial charge is 0.237 e. The highest BCUT2D eigenvalue weighted by atomic mass is 16.2. The minimum atomic E-state index is -0.0281. The van der Waals surface area contributed by atoms with Gasteiger partial charge in [0.1, 0.15) is 0 Å². The zero-order valence-corrected chi connectivity index (χ0v) is 14.3. The molecule has 21 heavy (non-hydrogen) atoms. The Morgan fingerprint density at radius 1 is 1.14 bits per heavy atom. The Kier molecular flexibility index (Phi) is 8.22. The van der Waals surface area contributed by atoms with Crippen molar-refractivity contribution in [3.8, 4) is 0 Å². The van der Waals surface area contributed by atoms with Gasteiger partial charge in [-0.05, 0) is 32.2 Å². The molecule has 3 N–H and O–H groups in total. The highest BCUT2D eigenvalue weighted by molar-refractivity contribution is 5.81. The summed E-state index contributed by atoms with van der Waals surface area (Å²) in [7, 11) is 0. The maximum Gasteiger partial charge on any atom is 0.237 e. The molecule has 1 heterocycles. The van der Waals surface area contributed by atoms with Crippen LogP contribution < -0.4 is 11.1 Å². The highest BCUT2D eigenvalue weighted by Gasteiger charge is 2.26. The molecule has 1 rings (SSSR count). The van der Waals surface area contributed by atoms with Gasteiger partial charge in [-0.3, -0.25) is 9.69 Å². The Labute approximate surface area is 130 Å². The fourth-order valence-electron chi connectivity index (χ4n) is 2.83. The van der Waals surface area contributed by atoms with Crippen LogP contribution in [0.25, 0.3) is 0 Å². The molecule has 1 fully saturated rings. The molecule has 5 nitrogen and oxygen atoms in total. The molecular weight excluding hydrogens is 264 g/mol. The Bertz CT molecular complexity index is 299. The summed E-state index contributed by atoms with van der Waals surface area (Å²) < 4.78 is 0. The Hall–Kier alpha value is -0.650. The number of nitrogens with zero attached hydrogens (tertiary/aromatic N) is 2. The Balaban J connectivity index is 2.37. The molecule has 1 aliphatic heterocycles. The standard InChI is InChI=1S/C16H34N4O/c1-5-15(6-2)18-16(21)14(4)20-9-7-19(8-10-20)12-13(3)11-17/h13-15H,5-12,17H2,1-4H3,(H,18,21). The summed E-state index contributed by atoms with van der Waals surface area (Å²) in [5, 5.41) is 3.16. The van der Waals surface area contributed by atoms with Crippen LogP contribution in [0.15, 0.2) is 0 Å². The summed E-state index contributed by atoms with van der Waals surface area (Å²) in [5.41, 5.74) is 5.69. The second-order valence-electron chi connectivity index (χ2n) is 6.38. The van der Waals surface area contributed by atoms with Crippen LogP contribution in [0, 0.1) is 5.92 Å². The number of hydrogen-bond donors (Lipinski definition) is 2. The monoisotopic (exact) mass is 298 g/mol. The van der Waals surface area contributed by atoms with Crippen molar-refractivity contribution in [2.24, 2.45) is 11.7 Å². The predicted octanol–water partition coefficient (Wildman–Crippen LogP) is 0.892. The van der Waals surface area contributed by atoms with Crippen molar-refractivity contribution in [2.75, 3.05) is 39.3 Å². The van der Waals surface area contributed by atoms with Crippen molar-refractivity contribution in [2.45, 2.75) is 52.6 Å². The normalized spacial score (nSPS) is 20.5. The van der Waals surface area contributed by atoms with Gasteiger partial charge in [0.2, 0.25) is 5.91 Å². The average Bonchev–Trinajstić information content (AvgIpc) is 2.52. The van der Waals surface area contributed by atoms with E-state index in [1.54, 1.807) is 0 Å². The van der Waals surface area contributed by atoms with E-state index in [4.69, 9.17) is 5.73 Å². The van der Waals surface area contributed by atoms with Gasteiger partial charge in [-0.2, -0.15) is 0 Å². The molecule has 124 valence electrons. The summed E-state index contributed by atoms with van der Waals surface area (Å²) in [6, 6.07) is 0.284. The molecule has 2 unspecified atom stereocenters. The first-order valence-electron chi connectivity index (χ1n) is 8.48. The molecule has 0 aromatic heterocycles. The van der Waals surface area contributed by atoms with Crippen LogP contribution in [0.1, 0.15) is 40.5 Å². The first-order chi connectivity index (χ1) is 10.0. The molecule has 1 amide bonds. The van der Waals surface area contributed by atoms with Gasteiger partial charge in [-0.25, -0.2) is 0 Å². The Morgan fingerprint density at radius 2 is 1.71 bits per heavy atom. The van der Waals surface area contributed by atoms with E-state index < -0.39 is 0 Å². The van der Waals surface area contributed by atoms with E-state index in [-0.39, 0.29) is 11.9 Å². The van der Waals surface area contributed by atoms with Crippen molar-refractivity contribution in [3.05, 3.63) is 0 Å². The lowest BCUT2D eigenvalue weighted by Crippen LogP contribution is -2.55. The Morgan fingerprint density at radius 3 is 2.19 bits per heavy atom. The van der Waals surface area contributed by atoms with E-state index in [1.807, 2.05) is 6.92 Å². The number of hydrogen-bond acceptors (Lipinski definition) is 4. The van der Waals surface area contributed by atoms with Crippen molar-refractivity contribution < 1.29 is 4.79 Å². The van der Waals surface area contributed by atoms with Crippen molar-refractivity contribution in [1.29, 1.82) is 0 Å². The molecule has 0 aromatic carbocycles. The summed E-state index contributed by atoms with van der Waals surface area (Å²) >= 11 is 0. The SMILES string of the molecule is CCC(CC)NC(=O)C(C)N1CCN(CC(C)CN)CC1. The fourth-order valence-corrected chi connectivity index (χ4v) is 2.83. The second-order valence-corrected chi connectivity index (χ2v) is 6.38. The quantitative estimate of drug-likeness (QED) is 0.699. The number of carbonyl (C=O) groups excluding carboxylic acids is 1. The molecule has 0 aliphatic carbocycles. The van der Waals surface area contributed by atoms with Crippen LogP contribution >= 0.6 is 0 Å². The minimum absolute atomic E-state index is 0.0281. The predicted molar refractivity (Wildman–Crippen MR) is 88.2 cm³/mol. The average molecular weight is 298 g/mol. The molecule has 0 bridgehead atoms. The number of rotatable bonds is 8.